The average molecular weight is 469 g/mol. The molecule has 2 saturated heterocycles. The Hall–Kier alpha value is -0.530. The lowest BCUT2D eigenvalue weighted by Crippen LogP contribution is -2.53. The summed E-state index contributed by atoms with van der Waals surface area (Å²) >= 11 is 0. The number of aryl methyl sites for hydroxylation is 2. The van der Waals surface area contributed by atoms with Crippen LogP contribution in [0.1, 0.15) is 49.1 Å². The Balaban J connectivity index is 0.00000140. The Morgan fingerprint density at radius 2 is 1.72 bits per heavy atom. The monoisotopic (exact) mass is 467 g/mol. The van der Waals surface area contributed by atoms with Crippen molar-refractivity contribution in [3.63, 3.8) is 0 Å². The lowest BCUT2D eigenvalue weighted by atomic mass is 9.85. The minimum Gasteiger partial charge on any atom is -0.339 e. The van der Waals surface area contributed by atoms with E-state index in [-0.39, 0.29) is 43.3 Å². The van der Waals surface area contributed by atoms with E-state index in [0.717, 1.165) is 50.8 Å². The van der Waals surface area contributed by atoms with Gasteiger partial charge in [0, 0.05) is 57.1 Å². The molecule has 1 N–H and O–H groups in total. The van der Waals surface area contributed by atoms with Gasteiger partial charge in [0.15, 0.2) is 0 Å². The standard InChI is InChI=1S/C20H33N5O.3ClH/c1-14-17(15(2)23(3)22-14)13-24-8-10-25(11-9-24)20(26)19-12-16-6-4-5-7-18(16)21-19;;;/h16,18-19,21H,4-13H2,1-3H3;3*1H. The maximum atomic E-state index is 13.0. The number of halogens is 3. The smallest absolute Gasteiger partial charge is 0.239 e. The number of amides is 1. The first kappa shape index (κ1) is 26.5. The molecule has 0 bridgehead atoms. The molecule has 2 aliphatic heterocycles. The number of piperazine rings is 1. The minimum absolute atomic E-state index is 0. The van der Waals surface area contributed by atoms with Crippen molar-refractivity contribution in [1.29, 1.82) is 0 Å². The summed E-state index contributed by atoms with van der Waals surface area (Å²) in [6.45, 7) is 8.79. The Bertz CT molecular complexity index is 661. The SMILES string of the molecule is Cc1nn(C)c(C)c1CN1CCN(C(=O)C2CC3CCCCC3N2)CC1.Cl.Cl.Cl. The fourth-order valence-corrected chi connectivity index (χ4v) is 5.13. The van der Waals surface area contributed by atoms with E-state index in [1.165, 1.54) is 36.9 Å². The number of aromatic nitrogens is 2. The predicted octanol–water partition coefficient (Wildman–Crippen LogP) is 2.87. The van der Waals surface area contributed by atoms with Gasteiger partial charge in [-0.1, -0.05) is 12.8 Å². The third-order valence-corrected chi connectivity index (χ3v) is 6.89. The molecule has 168 valence electrons. The molecule has 6 nitrogen and oxygen atoms in total. The van der Waals surface area contributed by atoms with Crippen LogP contribution in [0, 0.1) is 19.8 Å². The van der Waals surface area contributed by atoms with Gasteiger partial charge in [-0.2, -0.15) is 5.10 Å². The zero-order valence-electron chi connectivity index (χ0n) is 17.7. The second kappa shape index (κ2) is 11.2. The quantitative estimate of drug-likeness (QED) is 0.741. The molecule has 1 amide bonds. The fraction of sp³-hybridized carbons (Fsp3) is 0.800. The molecule has 3 fully saturated rings. The van der Waals surface area contributed by atoms with Gasteiger partial charge in [0.2, 0.25) is 5.91 Å². The highest BCUT2D eigenvalue weighted by Gasteiger charge is 2.40. The van der Waals surface area contributed by atoms with Gasteiger partial charge in [0.25, 0.3) is 0 Å². The molecule has 1 aromatic heterocycles. The normalized spacial score (nSPS) is 26.7. The maximum absolute atomic E-state index is 13.0. The zero-order chi connectivity index (χ0) is 18.3. The summed E-state index contributed by atoms with van der Waals surface area (Å²) in [5.41, 5.74) is 3.72. The summed E-state index contributed by atoms with van der Waals surface area (Å²) in [4.78, 5) is 17.5. The molecule has 1 saturated carbocycles. The Kier molecular flexibility index (Phi) is 10.2. The minimum atomic E-state index is 0. The number of hydrogen-bond donors (Lipinski definition) is 1. The number of nitrogens with one attached hydrogen (secondary N) is 1. The van der Waals surface area contributed by atoms with Crippen LogP contribution in [-0.2, 0) is 18.4 Å². The molecule has 0 spiro atoms. The summed E-state index contributed by atoms with van der Waals surface area (Å²) in [5, 5.41) is 8.17. The van der Waals surface area contributed by atoms with Gasteiger partial charge in [0.1, 0.15) is 0 Å². The van der Waals surface area contributed by atoms with Crippen LogP contribution in [0.4, 0.5) is 0 Å². The Morgan fingerprint density at radius 1 is 1.07 bits per heavy atom. The van der Waals surface area contributed by atoms with Crippen LogP contribution in [0.15, 0.2) is 0 Å². The van der Waals surface area contributed by atoms with E-state index < -0.39 is 0 Å². The highest BCUT2D eigenvalue weighted by molar-refractivity contribution is 5.86. The summed E-state index contributed by atoms with van der Waals surface area (Å²) < 4.78 is 1.97. The second-order valence-corrected chi connectivity index (χ2v) is 8.48. The molecule has 1 aromatic rings. The van der Waals surface area contributed by atoms with Gasteiger partial charge < -0.3 is 10.2 Å². The number of rotatable bonds is 3. The summed E-state index contributed by atoms with van der Waals surface area (Å²) in [6, 6.07) is 0.660. The van der Waals surface area contributed by atoms with E-state index >= 15 is 0 Å². The lowest BCUT2D eigenvalue weighted by Gasteiger charge is -2.36. The number of carbonyl (C=O) groups is 1. The number of fused-ring (bicyclic) bond motifs is 1. The summed E-state index contributed by atoms with van der Waals surface area (Å²) in [5.74, 6) is 1.07. The van der Waals surface area contributed by atoms with Crippen LogP contribution in [0.2, 0.25) is 0 Å². The Labute approximate surface area is 193 Å². The van der Waals surface area contributed by atoms with Crippen LogP contribution in [0.3, 0.4) is 0 Å². The van der Waals surface area contributed by atoms with Gasteiger partial charge in [-0.3, -0.25) is 14.4 Å². The third-order valence-electron chi connectivity index (χ3n) is 6.89. The molecule has 0 aromatic carbocycles. The number of carbonyl (C=O) groups excluding carboxylic acids is 1. The number of nitrogens with zero attached hydrogens (tertiary/aromatic N) is 4. The lowest BCUT2D eigenvalue weighted by molar-refractivity contribution is -0.135. The van der Waals surface area contributed by atoms with Gasteiger partial charge in [-0.25, -0.2) is 0 Å². The molecule has 4 rings (SSSR count). The van der Waals surface area contributed by atoms with E-state index in [4.69, 9.17) is 0 Å². The molecule has 3 heterocycles. The van der Waals surface area contributed by atoms with E-state index in [1.54, 1.807) is 0 Å². The Morgan fingerprint density at radius 3 is 2.31 bits per heavy atom. The van der Waals surface area contributed by atoms with Gasteiger partial charge in [-0.05, 0) is 39.0 Å². The zero-order valence-corrected chi connectivity index (χ0v) is 20.2. The van der Waals surface area contributed by atoms with Gasteiger partial charge >= 0.3 is 0 Å². The number of hydrogen-bond acceptors (Lipinski definition) is 4. The van der Waals surface area contributed by atoms with E-state index in [1.807, 2.05) is 11.7 Å². The van der Waals surface area contributed by atoms with Crippen LogP contribution < -0.4 is 5.32 Å². The van der Waals surface area contributed by atoms with E-state index in [9.17, 15) is 4.79 Å². The summed E-state index contributed by atoms with van der Waals surface area (Å²) in [7, 11) is 2.01. The topological polar surface area (TPSA) is 53.4 Å². The van der Waals surface area contributed by atoms with E-state index in [2.05, 4.69) is 34.1 Å². The molecule has 9 heteroatoms. The van der Waals surface area contributed by atoms with Crippen molar-refractivity contribution in [3.05, 3.63) is 17.0 Å². The van der Waals surface area contributed by atoms with Crippen LogP contribution in [-0.4, -0.2) is 63.8 Å². The second-order valence-electron chi connectivity index (χ2n) is 8.48. The first-order chi connectivity index (χ1) is 12.5. The van der Waals surface area contributed by atoms with Crippen molar-refractivity contribution in [2.24, 2.45) is 13.0 Å². The molecule has 0 radical (unpaired) electrons. The third kappa shape index (κ3) is 5.59. The summed E-state index contributed by atoms with van der Waals surface area (Å²) in [6.07, 6.45) is 6.28. The average Bonchev–Trinajstić information content (AvgIpc) is 3.18. The molecule has 3 unspecified atom stereocenters. The first-order valence-electron chi connectivity index (χ1n) is 10.3. The van der Waals surface area contributed by atoms with Crippen LogP contribution >= 0.6 is 37.2 Å². The van der Waals surface area contributed by atoms with Gasteiger partial charge in [-0.15, -0.1) is 37.2 Å². The van der Waals surface area contributed by atoms with Crippen molar-refractivity contribution in [2.75, 3.05) is 26.2 Å². The van der Waals surface area contributed by atoms with Crippen molar-refractivity contribution in [3.8, 4) is 0 Å². The largest absolute Gasteiger partial charge is 0.339 e. The molecular weight excluding hydrogens is 433 g/mol. The predicted molar refractivity (Wildman–Crippen MR) is 124 cm³/mol. The fourth-order valence-electron chi connectivity index (χ4n) is 5.13. The molecular formula is C20H36Cl3N5O. The highest BCUT2D eigenvalue weighted by Crippen LogP contribution is 2.33. The molecule has 29 heavy (non-hydrogen) atoms. The van der Waals surface area contributed by atoms with E-state index in [0.29, 0.717) is 11.9 Å². The first-order valence-corrected chi connectivity index (χ1v) is 10.3. The molecule has 3 atom stereocenters. The van der Waals surface area contributed by atoms with Crippen LogP contribution in [0.5, 0.6) is 0 Å². The van der Waals surface area contributed by atoms with Crippen molar-refractivity contribution in [1.82, 2.24) is 24.9 Å². The van der Waals surface area contributed by atoms with Crippen molar-refractivity contribution in [2.45, 2.75) is 64.6 Å². The van der Waals surface area contributed by atoms with Crippen molar-refractivity contribution >= 4 is 43.1 Å². The van der Waals surface area contributed by atoms with Crippen molar-refractivity contribution < 1.29 is 4.79 Å². The molecule has 1 aliphatic carbocycles. The van der Waals surface area contributed by atoms with Crippen LogP contribution in [0.25, 0.3) is 0 Å². The molecule has 3 aliphatic rings. The maximum Gasteiger partial charge on any atom is 0.239 e. The van der Waals surface area contributed by atoms with Gasteiger partial charge in [0.05, 0.1) is 11.7 Å². The highest BCUT2D eigenvalue weighted by atomic mass is 35.5.